The molecule has 0 aromatic heterocycles. The molecule has 7 nitrogen and oxygen atoms in total. The molecular formula is C29H33Cl2N3O4S. The van der Waals surface area contributed by atoms with Crippen LogP contribution in [0.2, 0.25) is 10.0 Å². The lowest BCUT2D eigenvalue weighted by Gasteiger charge is -2.32. The lowest BCUT2D eigenvalue weighted by Crippen LogP contribution is -2.51. The number of carbonyl (C=O) groups is 2. The van der Waals surface area contributed by atoms with Crippen LogP contribution in [0, 0.1) is 0 Å². The maximum Gasteiger partial charge on any atom is 0.264 e. The van der Waals surface area contributed by atoms with Crippen molar-refractivity contribution in [1.82, 2.24) is 10.2 Å². The van der Waals surface area contributed by atoms with Crippen molar-refractivity contribution in [2.75, 3.05) is 17.4 Å². The quantitative estimate of drug-likeness (QED) is 0.303. The molecule has 3 aromatic carbocycles. The third kappa shape index (κ3) is 7.32. The molecule has 3 aromatic rings. The zero-order chi connectivity index (χ0) is 28.7. The van der Waals surface area contributed by atoms with Crippen molar-refractivity contribution in [3.05, 3.63) is 94.0 Å². The molecule has 0 bridgehead atoms. The molecule has 0 heterocycles. The Labute approximate surface area is 240 Å². The Morgan fingerprint density at radius 1 is 0.872 bits per heavy atom. The summed E-state index contributed by atoms with van der Waals surface area (Å²) in [5.74, 6) is -0.724. The first kappa shape index (κ1) is 30.5. The molecule has 0 aliphatic rings. The molecule has 0 spiro atoms. The van der Waals surface area contributed by atoms with E-state index in [1.807, 2.05) is 26.0 Å². The molecule has 1 unspecified atom stereocenters. The van der Waals surface area contributed by atoms with Crippen LogP contribution in [0.15, 0.2) is 77.7 Å². The predicted octanol–water partition coefficient (Wildman–Crippen LogP) is 5.87. The Balaban J connectivity index is 2.07. The monoisotopic (exact) mass is 589 g/mol. The van der Waals surface area contributed by atoms with Crippen LogP contribution in [0.5, 0.6) is 0 Å². The summed E-state index contributed by atoms with van der Waals surface area (Å²) in [4.78, 5) is 28.1. The fourth-order valence-corrected chi connectivity index (χ4v) is 5.98. The summed E-state index contributed by atoms with van der Waals surface area (Å²) in [5, 5.41) is 3.39. The van der Waals surface area contributed by atoms with Crippen molar-refractivity contribution in [2.24, 2.45) is 0 Å². The number of halogens is 2. The van der Waals surface area contributed by atoms with Gasteiger partial charge in [-0.1, -0.05) is 73.4 Å². The smallest absolute Gasteiger partial charge is 0.264 e. The molecule has 10 heteroatoms. The third-order valence-corrected chi connectivity index (χ3v) is 8.86. The molecule has 0 radical (unpaired) electrons. The van der Waals surface area contributed by atoms with Crippen molar-refractivity contribution < 1.29 is 18.0 Å². The summed E-state index contributed by atoms with van der Waals surface area (Å²) in [6.07, 6.45) is 0. The van der Waals surface area contributed by atoms with Crippen molar-refractivity contribution >= 4 is 50.7 Å². The molecule has 3 rings (SSSR count). The van der Waals surface area contributed by atoms with E-state index in [1.54, 1.807) is 62.4 Å². The fraction of sp³-hybridized carbons (Fsp3) is 0.310. The van der Waals surface area contributed by atoms with Gasteiger partial charge in [-0.15, -0.1) is 0 Å². The second kappa shape index (κ2) is 13.3. The van der Waals surface area contributed by atoms with Gasteiger partial charge < -0.3 is 10.2 Å². The third-order valence-electron chi connectivity index (χ3n) is 6.37. The highest BCUT2D eigenvalue weighted by Crippen LogP contribution is 2.29. The van der Waals surface area contributed by atoms with Crippen molar-refractivity contribution in [3.63, 3.8) is 0 Å². The van der Waals surface area contributed by atoms with E-state index in [1.165, 1.54) is 17.0 Å². The molecule has 0 saturated carbocycles. The first-order chi connectivity index (χ1) is 18.5. The average molecular weight is 591 g/mol. The molecule has 0 saturated heterocycles. The van der Waals surface area contributed by atoms with Gasteiger partial charge in [-0.2, -0.15) is 0 Å². The number of amides is 2. The van der Waals surface area contributed by atoms with Gasteiger partial charge in [0.2, 0.25) is 11.8 Å². The van der Waals surface area contributed by atoms with Crippen LogP contribution in [0.25, 0.3) is 0 Å². The molecule has 0 aliphatic heterocycles. The van der Waals surface area contributed by atoms with Crippen molar-refractivity contribution in [3.8, 4) is 0 Å². The standard InChI is InChI=1S/C29H33Cl2N3O4S/c1-5-32-29(36)21(4)33(18-25-26(30)12-9-13-27(25)31)28(35)19-34(23-16-14-22(15-17-23)20(2)3)39(37,38)24-10-7-6-8-11-24/h6-17,20-21H,5,18-19H2,1-4H3,(H,32,36). The molecule has 0 aliphatic carbocycles. The zero-order valence-electron chi connectivity index (χ0n) is 22.4. The maximum atomic E-state index is 13.9. The van der Waals surface area contributed by atoms with Gasteiger partial charge >= 0.3 is 0 Å². The summed E-state index contributed by atoms with van der Waals surface area (Å²) in [6, 6.07) is 19.0. The highest BCUT2D eigenvalue weighted by Gasteiger charge is 2.33. The molecule has 0 fully saturated rings. The Morgan fingerprint density at radius 2 is 1.46 bits per heavy atom. The number of anilines is 1. The Morgan fingerprint density at radius 3 is 2.00 bits per heavy atom. The molecule has 208 valence electrons. The lowest BCUT2D eigenvalue weighted by molar-refractivity contribution is -0.139. The van der Waals surface area contributed by atoms with Gasteiger partial charge in [0.05, 0.1) is 10.6 Å². The fourth-order valence-electron chi connectivity index (χ4n) is 4.03. The van der Waals surface area contributed by atoms with Crippen LogP contribution in [0.1, 0.15) is 44.7 Å². The Bertz CT molecular complexity index is 1380. The maximum absolute atomic E-state index is 13.9. The topological polar surface area (TPSA) is 86.8 Å². The molecule has 2 amide bonds. The van der Waals surface area contributed by atoms with E-state index in [0.29, 0.717) is 27.8 Å². The van der Waals surface area contributed by atoms with E-state index in [-0.39, 0.29) is 23.3 Å². The first-order valence-electron chi connectivity index (χ1n) is 12.6. The van der Waals surface area contributed by atoms with Crippen LogP contribution in [0.3, 0.4) is 0 Å². The minimum atomic E-state index is -4.13. The minimum absolute atomic E-state index is 0.0446. The Hall–Kier alpha value is -3.07. The van der Waals surface area contributed by atoms with E-state index in [9.17, 15) is 18.0 Å². The summed E-state index contributed by atoms with van der Waals surface area (Å²) in [7, 11) is -4.13. The minimum Gasteiger partial charge on any atom is -0.355 e. The van der Waals surface area contributed by atoms with Crippen molar-refractivity contribution in [1.29, 1.82) is 0 Å². The number of hydrogen-bond acceptors (Lipinski definition) is 4. The van der Waals surface area contributed by atoms with E-state index < -0.39 is 28.5 Å². The molecule has 1 N–H and O–H groups in total. The van der Waals surface area contributed by atoms with Crippen LogP contribution >= 0.6 is 23.2 Å². The normalized spacial score (nSPS) is 12.2. The van der Waals surface area contributed by atoms with Gasteiger partial charge in [-0.25, -0.2) is 8.42 Å². The van der Waals surface area contributed by atoms with E-state index in [4.69, 9.17) is 23.2 Å². The van der Waals surface area contributed by atoms with Crippen LogP contribution < -0.4 is 9.62 Å². The molecular weight excluding hydrogens is 557 g/mol. The van der Waals surface area contributed by atoms with Gasteiger partial charge in [0.25, 0.3) is 10.0 Å². The number of likely N-dealkylation sites (N-methyl/N-ethyl adjacent to an activating group) is 1. The van der Waals surface area contributed by atoms with Crippen molar-refractivity contribution in [2.45, 2.75) is 51.1 Å². The number of carbonyl (C=O) groups excluding carboxylic acids is 2. The van der Waals surface area contributed by atoms with E-state index >= 15 is 0 Å². The number of nitrogens with zero attached hydrogens (tertiary/aromatic N) is 2. The second-order valence-electron chi connectivity index (χ2n) is 9.36. The summed E-state index contributed by atoms with van der Waals surface area (Å²) in [6.45, 7) is 7.19. The SMILES string of the molecule is CCNC(=O)C(C)N(Cc1c(Cl)cccc1Cl)C(=O)CN(c1ccc(C(C)C)cc1)S(=O)(=O)c1ccccc1. The molecule has 1 atom stereocenters. The van der Waals surface area contributed by atoms with Crippen LogP contribution in [-0.4, -0.2) is 44.3 Å². The number of hydrogen-bond donors (Lipinski definition) is 1. The largest absolute Gasteiger partial charge is 0.355 e. The summed E-state index contributed by atoms with van der Waals surface area (Å²) in [5.41, 5.74) is 1.82. The zero-order valence-corrected chi connectivity index (χ0v) is 24.7. The number of rotatable bonds is 11. The highest BCUT2D eigenvalue weighted by atomic mass is 35.5. The highest BCUT2D eigenvalue weighted by molar-refractivity contribution is 7.92. The van der Waals surface area contributed by atoms with Gasteiger partial charge in [-0.05, 0) is 61.7 Å². The van der Waals surface area contributed by atoms with E-state index in [2.05, 4.69) is 5.32 Å². The van der Waals surface area contributed by atoms with Gasteiger partial charge in [0.1, 0.15) is 12.6 Å². The van der Waals surface area contributed by atoms with Gasteiger partial charge in [0.15, 0.2) is 0 Å². The predicted molar refractivity (Wildman–Crippen MR) is 157 cm³/mol. The van der Waals surface area contributed by atoms with E-state index in [0.717, 1.165) is 9.87 Å². The summed E-state index contributed by atoms with van der Waals surface area (Å²) >= 11 is 12.8. The lowest BCUT2D eigenvalue weighted by atomic mass is 10.0. The summed E-state index contributed by atoms with van der Waals surface area (Å²) < 4.78 is 28.7. The van der Waals surface area contributed by atoms with Crippen LogP contribution in [-0.2, 0) is 26.2 Å². The number of sulfonamides is 1. The van der Waals surface area contributed by atoms with Gasteiger partial charge in [-0.3, -0.25) is 13.9 Å². The first-order valence-corrected chi connectivity index (χ1v) is 14.8. The number of benzene rings is 3. The van der Waals surface area contributed by atoms with Crippen LogP contribution in [0.4, 0.5) is 5.69 Å². The van der Waals surface area contributed by atoms with Gasteiger partial charge in [0, 0.05) is 28.7 Å². The average Bonchev–Trinajstić information content (AvgIpc) is 2.91. The second-order valence-corrected chi connectivity index (χ2v) is 12.0. The molecule has 39 heavy (non-hydrogen) atoms. The Kier molecular flexibility index (Phi) is 10.4. The number of nitrogens with one attached hydrogen (secondary N) is 1.